The topological polar surface area (TPSA) is 87.4 Å². The summed E-state index contributed by atoms with van der Waals surface area (Å²) >= 11 is 0. The number of carbonyl (C=O) groups excluding carboxylic acids is 1. The Morgan fingerprint density at radius 1 is 1.00 bits per heavy atom. The second kappa shape index (κ2) is 8.67. The second-order valence-corrected chi connectivity index (χ2v) is 7.76. The maximum Gasteiger partial charge on any atom is 0.265 e. The van der Waals surface area contributed by atoms with Crippen molar-refractivity contribution < 1.29 is 4.79 Å². The van der Waals surface area contributed by atoms with Crippen molar-refractivity contribution in [2.24, 2.45) is 11.8 Å². The molecule has 148 valence electrons. The van der Waals surface area contributed by atoms with E-state index in [1.165, 1.54) is 32.2 Å². The summed E-state index contributed by atoms with van der Waals surface area (Å²) in [5, 5.41) is 0. The van der Waals surface area contributed by atoms with Crippen LogP contribution in [0.25, 0.3) is 11.1 Å². The number of aromatic nitrogens is 2. The Morgan fingerprint density at radius 2 is 1.64 bits per heavy atom. The molecule has 28 heavy (non-hydrogen) atoms. The number of nitrogen functional groups attached to an aromatic ring is 1. The highest BCUT2D eigenvalue weighted by molar-refractivity contribution is 5.94. The standard InChI is InChI=1S/C21H28N6O/c22-25-20(28)18-7-5-17(6-8-18)19-13-23-21(24-14-19)27-11-9-26(10-12-27)15-16-3-1-2-4-16/h5-8,13-14,16H,1-4,9-12,15,22H2,(H,25,28). The van der Waals surface area contributed by atoms with E-state index in [2.05, 4.69) is 25.2 Å². The Balaban J connectivity index is 1.34. The molecule has 2 heterocycles. The first-order valence-corrected chi connectivity index (χ1v) is 10.1. The van der Waals surface area contributed by atoms with Gasteiger partial charge in [0.15, 0.2) is 0 Å². The van der Waals surface area contributed by atoms with Crippen LogP contribution in [0, 0.1) is 5.92 Å². The summed E-state index contributed by atoms with van der Waals surface area (Å²) in [5.41, 5.74) is 4.57. The van der Waals surface area contributed by atoms with Gasteiger partial charge in [0, 0.05) is 56.2 Å². The van der Waals surface area contributed by atoms with Gasteiger partial charge >= 0.3 is 0 Å². The fraction of sp³-hybridized carbons (Fsp3) is 0.476. The molecule has 1 aliphatic carbocycles. The summed E-state index contributed by atoms with van der Waals surface area (Å²) in [5.74, 6) is 6.56. The highest BCUT2D eigenvalue weighted by Crippen LogP contribution is 2.26. The Hall–Kier alpha value is -2.51. The van der Waals surface area contributed by atoms with Crippen LogP contribution in [-0.4, -0.2) is 53.5 Å². The minimum absolute atomic E-state index is 0.301. The number of anilines is 1. The predicted octanol–water partition coefficient (Wildman–Crippen LogP) is 2.06. The van der Waals surface area contributed by atoms with Gasteiger partial charge in [-0.15, -0.1) is 0 Å². The van der Waals surface area contributed by atoms with Crippen LogP contribution in [0.4, 0.5) is 5.95 Å². The third-order valence-electron chi connectivity index (χ3n) is 5.90. The quantitative estimate of drug-likeness (QED) is 0.469. The van der Waals surface area contributed by atoms with E-state index in [-0.39, 0.29) is 5.91 Å². The lowest BCUT2D eigenvalue weighted by atomic mass is 10.1. The van der Waals surface area contributed by atoms with Gasteiger partial charge < -0.3 is 4.90 Å². The van der Waals surface area contributed by atoms with Crippen molar-refractivity contribution in [3.8, 4) is 11.1 Å². The molecule has 0 atom stereocenters. The van der Waals surface area contributed by atoms with Gasteiger partial charge in [0.25, 0.3) is 5.91 Å². The minimum atomic E-state index is -0.301. The molecule has 2 aromatic rings. The molecule has 0 unspecified atom stereocenters. The largest absolute Gasteiger partial charge is 0.338 e. The number of nitrogens with zero attached hydrogens (tertiary/aromatic N) is 4. The zero-order valence-corrected chi connectivity index (χ0v) is 16.2. The number of carbonyl (C=O) groups is 1. The molecule has 3 N–H and O–H groups in total. The van der Waals surface area contributed by atoms with Gasteiger partial charge in [0.2, 0.25) is 5.95 Å². The summed E-state index contributed by atoms with van der Waals surface area (Å²) in [6, 6.07) is 7.25. The van der Waals surface area contributed by atoms with Gasteiger partial charge in [-0.3, -0.25) is 15.1 Å². The molecule has 1 saturated carbocycles. The van der Waals surface area contributed by atoms with Gasteiger partial charge in [-0.1, -0.05) is 25.0 Å². The Morgan fingerprint density at radius 3 is 2.25 bits per heavy atom. The number of amides is 1. The number of nitrogens with one attached hydrogen (secondary N) is 1. The summed E-state index contributed by atoms with van der Waals surface area (Å²) in [7, 11) is 0. The highest BCUT2D eigenvalue weighted by Gasteiger charge is 2.23. The van der Waals surface area contributed by atoms with Crippen molar-refractivity contribution in [1.82, 2.24) is 20.3 Å². The number of benzene rings is 1. The zero-order chi connectivity index (χ0) is 19.3. The summed E-state index contributed by atoms with van der Waals surface area (Å²) in [6.45, 7) is 5.40. The molecule has 1 amide bonds. The fourth-order valence-electron chi connectivity index (χ4n) is 4.22. The number of hydrazine groups is 1. The lowest BCUT2D eigenvalue weighted by Crippen LogP contribution is -2.48. The van der Waals surface area contributed by atoms with E-state index in [9.17, 15) is 4.79 Å². The molecule has 4 rings (SSSR count). The average Bonchev–Trinajstić information content (AvgIpc) is 3.27. The fourth-order valence-corrected chi connectivity index (χ4v) is 4.22. The number of hydrogen-bond acceptors (Lipinski definition) is 6. The normalized spacial score (nSPS) is 18.4. The van der Waals surface area contributed by atoms with Crippen LogP contribution in [0.3, 0.4) is 0 Å². The molecule has 1 aliphatic heterocycles. The molecule has 7 nitrogen and oxygen atoms in total. The van der Waals surface area contributed by atoms with Crippen molar-refractivity contribution in [3.63, 3.8) is 0 Å². The van der Waals surface area contributed by atoms with E-state index in [1.807, 2.05) is 24.5 Å². The van der Waals surface area contributed by atoms with Gasteiger partial charge in [0.1, 0.15) is 0 Å². The van der Waals surface area contributed by atoms with E-state index in [1.54, 1.807) is 12.1 Å². The van der Waals surface area contributed by atoms with Gasteiger partial charge in [-0.2, -0.15) is 0 Å². The minimum Gasteiger partial charge on any atom is -0.338 e. The monoisotopic (exact) mass is 380 g/mol. The average molecular weight is 380 g/mol. The molecule has 0 bridgehead atoms. The molecule has 0 radical (unpaired) electrons. The van der Waals surface area contributed by atoms with Crippen molar-refractivity contribution in [1.29, 1.82) is 0 Å². The lowest BCUT2D eigenvalue weighted by Gasteiger charge is -2.35. The third-order valence-corrected chi connectivity index (χ3v) is 5.90. The maximum atomic E-state index is 11.5. The van der Waals surface area contributed by atoms with Crippen molar-refractivity contribution in [2.45, 2.75) is 25.7 Å². The van der Waals surface area contributed by atoms with Crippen LogP contribution in [0.1, 0.15) is 36.0 Å². The molecule has 7 heteroatoms. The Labute approximate surface area is 165 Å². The molecular formula is C21H28N6O. The molecule has 1 saturated heterocycles. The summed E-state index contributed by atoms with van der Waals surface area (Å²) < 4.78 is 0. The van der Waals surface area contributed by atoms with Crippen LogP contribution >= 0.6 is 0 Å². The van der Waals surface area contributed by atoms with Crippen LogP contribution < -0.4 is 16.2 Å². The van der Waals surface area contributed by atoms with Crippen molar-refractivity contribution >= 4 is 11.9 Å². The second-order valence-electron chi connectivity index (χ2n) is 7.76. The first kappa shape index (κ1) is 18.8. The van der Waals surface area contributed by atoms with E-state index < -0.39 is 0 Å². The molecule has 1 aromatic carbocycles. The third kappa shape index (κ3) is 4.31. The van der Waals surface area contributed by atoms with E-state index in [0.29, 0.717) is 5.56 Å². The zero-order valence-electron chi connectivity index (χ0n) is 16.2. The smallest absolute Gasteiger partial charge is 0.265 e. The van der Waals surface area contributed by atoms with Crippen molar-refractivity contribution in [2.75, 3.05) is 37.6 Å². The lowest BCUT2D eigenvalue weighted by molar-refractivity contribution is 0.0953. The van der Waals surface area contributed by atoms with E-state index >= 15 is 0 Å². The summed E-state index contributed by atoms with van der Waals surface area (Å²) in [4.78, 5) is 25.6. The number of piperazine rings is 1. The van der Waals surface area contributed by atoms with Crippen LogP contribution in [0.15, 0.2) is 36.7 Å². The molecule has 2 aliphatic rings. The first-order valence-electron chi connectivity index (χ1n) is 10.1. The number of rotatable bonds is 5. The first-order chi connectivity index (χ1) is 13.7. The number of nitrogens with two attached hydrogens (primary N) is 1. The molecule has 2 fully saturated rings. The Bertz CT molecular complexity index is 778. The maximum absolute atomic E-state index is 11.5. The van der Waals surface area contributed by atoms with E-state index in [4.69, 9.17) is 5.84 Å². The predicted molar refractivity (Wildman–Crippen MR) is 110 cm³/mol. The Kier molecular flexibility index (Phi) is 5.83. The molecule has 1 aromatic heterocycles. The van der Waals surface area contributed by atoms with Gasteiger partial charge in [-0.05, 0) is 36.5 Å². The SMILES string of the molecule is NNC(=O)c1ccc(-c2cnc(N3CCN(CC4CCCC4)CC3)nc2)cc1. The highest BCUT2D eigenvalue weighted by atomic mass is 16.2. The van der Waals surface area contributed by atoms with Gasteiger partial charge in [-0.25, -0.2) is 15.8 Å². The van der Waals surface area contributed by atoms with E-state index in [0.717, 1.165) is 49.2 Å². The van der Waals surface area contributed by atoms with Crippen molar-refractivity contribution in [3.05, 3.63) is 42.2 Å². The summed E-state index contributed by atoms with van der Waals surface area (Å²) in [6.07, 6.45) is 9.34. The molecule has 0 spiro atoms. The van der Waals surface area contributed by atoms with Crippen LogP contribution in [0.5, 0.6) is 0 Å². The van der Waals surface area contributed by atoms with Crippen LogP contribution in [-0.2, 0) is 0 Å². The molecular weight excluding hydrogens is 352 g/mol. The van der Waals surface area contributed by atoms with Gasteiger partial charge in [0.05, 0.1) is 0 Å². The number of hydrogen-bond donors (Lipinski definition) is 2. The van der Waals surface area contributed by atoms with Crippen LogP contribution in [0.2, 0.25) is 0 Å².